The van der Waals surface area contributed by atoms with Gasteiger partial charge >= 0.3 is 5.97 Å². The second-order valence-electron chi connectivity index (χ2n) is 9.78. The lowest BCUT2D eigenvalue weighted by Gasteiger charge is -2.18. The van der Waals surface area contributed by atoms with Crippen molar-refractivity contribution in [2.75, 3.05) is 34.0 Å². The van der Waals surface area contributed by atoms with Crippen LogP contribution in [-0.4, -0.2) is 40.0 Å². The molecule has 0 bridgehead atoms. The van der Waals surface area contributed by atoms with E-state index in [9.17, 15) is 4.79 Å². The molecule has 5 rings (SSSR count). The summed E-state index contributed by atoms with van der Waals surface area (Å²) in [5, 5.41) is 0. The molecule has 0 saturated heterocycles. The summed E-state index contributed by atoms with van der Waals surface area (Å²) >= 11 is 0. The number of rotatable bonds is 9. The van der Waals surface area contributed by atoms with Crippen molar-refractivity contribution in [2.24, 2.45) is 0 Å². The molecular formula is C31H34O6. The highest BCUT2D eigenvalue weighted by Crippen LogP contribution is 2.44. The molecule has 0 radical (unpaired) electrons. The van der Waals surface area contributed by atoms with E-state index < -0.39 is 0 Å². The molecule has 3 aromatic rings. The van der Waals surface area contributed by atoms with Crippen molar-refractivity contribution in [3.05, 3.63) is 76.3 Å². The number of benzene rings is 3. The molecule has 1 aliphatic heterocycles. The van der Waals surface area contributed by atoms with Gasteiger partial charge in [-0.3, -0.25) is 4.79 Å². The van der Waals surface area contributed by atoms with Crippen LogP contribution >= 0.6 is 0 Å². The molecule has 0 aromatic heterocycles. The van der Waals surface area contributed by atoms with Crippen LogP contribution in [0.2, 0.25) is 0 Å². The third-order valence-corrected chi connectivity index (χ3v) is 7.33. The molecule has 37 heavy (non-hydrogen) atoms. The van der Waals surface area contributed by atoms with Gasteiger partial charge in [-0.1, -0.05) is 24.3 Å². The minimum atomic E-state index is -0.223. The van der Waals surface area contributed by atoms with Crippen LogP contribution < -0.4 is 14.2 Å². The highest BCUT2D eigenvalue weighted by molar-refractivity contribution is 5.76. The summed E-state index contributed by atoms with van der Waals surface area (Å²) in [6, 6.07) is 16.7. The summed E-state index contributed by atoms with van der Waals surface area (Å²) in [5.74, 6) is 2.24. The van der Waals surface area contributed by atoms with Crippen molar-refractivity contribution in [3.63, 3.8) is 0 Å². The number of carbonyl (C=O) groups excluding carboxylic acids is 1. The Labute approximate surface area is 218 Å². The molecule has 1 heterocycles. The van der Waals surface area contributed by atoms with Crippen molar-refractivity contribution in [1.82, 2.24) is 0 Å². The van der Waals surface area contributed by atoms with Crippen LogP contribution in [0.15, 0.2) is 48.5 Å². The zero-order chi connectivity index (χ0) is 25.9. The number of aryl methyl sites for hydroxylation is 2. The van der Waals surface area contributed by atoms with Gasteiger partial charge < -0.3 is 23.7 Å². The molecule has 2 atom stereocenters. The molecule has 1 aliphatic carbocycles. The van der Waals surface area contributed by atoms with Gasteiger partial charge in [-0.05, 0) is 78.3 Å². The first-order valence-corrected chi connectivity index (χ1v) is 12.8. The summed E-state index contributed by atoms with van der Waals surface area (Å²) in [6.07, 6.45) is 2.19. The predicted octanol–water partition coefficient (Wildman–Crippen LogP) is 6.10. The van der Waals surface area contributed by atoms with Crippen LogP contribution in [0.3, 0.4) is 0 Å². The third kappa shape index (κ3) is 5.16. The van der Waals surface area contributed by atoms with Gasteiger partial charge in [0.1, 0.15) is 30.0 Å². The number of hydrogen-bond acceptors (Lipinski definition) is 6. The van der Waals surface area contributed by atoms with E-state index in [1.54, 1.807) is 7.11 Å². The molecule has 1 unspecified atom stereocenters. The second kappa shape index (κ2) is 10.9. The summed E-state index contributed by atoms with van der Waals surface area (Å²) in [5.41, 5.74) is 8.55. The number of fused-ring (bicyclic) bond motifs is 2. The first-order valence-electron chi connectivity index (χ1n) is 12.8. The van der Waals surface area contributed by atoms with Crippen LogP contribution in [0.5, 0.6) is 17.2 Å². The van der Waals surface area contributed by atoms with Gasteiger partial charge in [0.05, 0.1) is 26.7 Å². The predicted molar refractivity (Wildman–Crippen MR) is 142 cm³/mol. The van der Waals surface area contributed by atoms with Crippen molar-refractivity contribution >= 4 is 5.97 Å². The number of hydrogen-bond donors (Lipinski definition) is 0. The smallest absolute Gasteiger partial charge is 0.306 e. The summed E-state index contributed by atoms with van der Waals surface area (Å²) < 4.78 is 28.1. The van der Waals surface area contributed by atoms with E-state index in [2.05, 4.69) is 44.2 Å². The van der Waals surface area contributed by atoms with Gasteiger partial charge in [0, 0.05) is 24.7 Å². The van der Waals surface area contributed by atoms with E-state index in [-0.39, 0.29) is 18.0 Å². The average Bonchev–Trinajstić information content (AvgIpc) is 3.48. The average molecular weight is 503 g/mol. The lowest BCUT2D eigenvalue weighted by molar-refractivity contribution is -0.141. The molecule has 0 fully saturated rings. The summed E-state index contributed by atoms with van der Waals surface area (Å²) in [6.45, 7) is 5.88. The number of ether oxygens (including phenoxy) is 5. The highest BCUT2D eigenvalue weighted by Gasteiger charge is 2.30. The lowest BCUT2D eigenvalue weighted by Crippen LogP contribution is -2.09. The van der Waals surface area contributed by atoms with Gasteiger partial charge in [-0.2, -0.15) is 0 Å². The number of methoxy groups -OCH3 is 2. The van der Waals surface area contributed by atoms with Crippen LogP contribution in [0, 0.1) is 13.8 Å². The van der Waals surface area contributed by atoms with E-state index in [1.165, 1.54) is 40.5 Å². The molecule has 0 saturated carbocycles. The molecule has 3 aromatic carbocycles. The van der Waals surface area contributed by atoms with Crippen LogP contribution in [0.1, 0.15) is 52.7 Å². The second-order valence-corrected chi connectivity index (χ2v) is 9.78. The fourth-order valence-electron chi connectivity index (χ4n) is 5.60. The topological polar surface area (TPSA) is 63.2 Å². The van der Waals surface area contributed by atoms with Gasteiger partial charge in [0.2, 0.25) is 0 Å². The Hall–Kier alpha value is -3.51. The van der Waals surface area contributed by atoms with E-state index in [0.29, 0.717) is 26.2 Å². The molecule has 0 amide bonds. The molecule has 0 spiro atoms. The number of carbonyl (C=O) groups is 1. The maximum Gasteiger partial charge on any atom is 0.306 e. The number of esters is 1. The first-order chi connectivity index (χ1) is 18.0. The summed E-state index contributed by atoms with van der Waals surface area (Å²) in [7, 11) is 3.09. The normalized spacial score (nSPS) is 17.6. The van der Waals surface area contributed by atoms with Gasteiger partial charge in [0.15, 0.2) is 0 Å². The van der Waals surface area contributed by atoms with Gasteiger partial charge in [0.25, 0.3) is 0 Å². The molecule has 0 N–H and O–H groups in total. The van der Waals surface area contributed by atoms with Crippen molar-refractivity contribution in [1.29, 1.82) is 0 Å². The maximum absolute atomic E-state index is 11.7. The zero-order valence-electron chi connectivity index (χ0n) is 22.0. The quantitative estimate of drug-likeness (QED) is 0.260. The Balaban J connectivity index is 1.36. The molecule has 6 nitrogen and oxygen atoms in total. The van der Waals surface area contributed by atoms with Crippen LogP contribution in [0.4, 0.5) is 0 Å². The molecular weight excluding hydrogens is 468 g/mol. The Morgan fingerprint density at radius 3 is 2.54 bits per heavy atom. The standard InChI is InChI=1S/C31H34O6/c1-19-14-23(35-13-12-33-3)15-20(2)31(19)27-7-5-6-26-25(27)10-11-28(26)37-22-8-9-24-21(16-30(32)34-4)18-36-29(24)17-22/h5-9,14-15,17,21,28H,10-13,16,18H2,1-4H3/t21?,28-/m1/s1. The Bertz CT molecular complexity index is 1270. The van der Waals surface area contributed by atoms with E-state index in [0.717, 1.165) is 35.7 Å². The van der Waals surface area contributed by atoms with E-state index >= 15 is 0 Å². The van der Waals surface area contributed by atoms with E-state index in [4.69, 9.17) is 23.7 Å². The van der Waals surface area contributed by atoms with Gasteiger partial charge in [-0.25, -0.2) is 0 Å². The van der Waals surface area contributed by atoms with Crippen molar-refractivity contribution < 1.29 is 28.5 Å². The third-order valence-electron chi connectivity index (χ3n) is 7.33. The largest absolute Gasteiger partial charge is 0.492 e. The maximum atomic E-state index is 11.7. The SMILES string of the molecule is COCCOc1cc(C)c(-c2cccc3c2CC[C@H]3Oc2ccc3c(c2)OCC3CC(=O)OC)c(C)c1. The lowest BCUT2D eigenvalue weighted by atomic mass is 9.90. The summed E-state index contributed by atoms with van der Waals surface area (Å²) in [4.78, 5) is 11.7. The first kappa shape index (κ1) is 25.2. The molecule has 194 valence electrons. The fraction of sp³-hybridized carbons (Fsp3) is 0.387. The molecule has 2 aliphatic rings. The fourth-order valence-corrected chi connectivity index (χ4v) is 5.60. The van der Waals surface area contributed by atoms with E-state index in [1.807, 2.05) is 18.2 Å². The van der Waals surface area contributed by atoms with Crippen LogP contribution in [-0.2, 0) is 20.7 Å². The van der Waals surface area contributed by atoms with Crippen molar-refractivity contribution in [2.45, 2.75) is 45.1 Å². The highest BCUT2D eigenvalue weighted by atomic mass is 16.5. The monoisotopic (exact) mass is 502 g/mol. The zero-order valence-corrected chi connectivity index (χ0v) is 22.0. The Kier molecular flexibility index (Phi) is 7.38. The minimum Gasteiger partial charge on any atom is -0.492 e. The van der Waals surface area contributed by atoms with Crippen molar-refractivity contribution in [3.8, 4) is 28.4 Å². The minimum absolute atomic E-state index is 0.0162. The molecule has 6 heteroatoms. The van der Waals surface area contributed by atoms with Crippen LogP contribution in [0.25, 0.3) is 11.1 Å². The Morgan fingerprint density at radius 2 is 1.78 bits per heavy atom. The Morgan fingerprint density at radius 1 is 0.973 bits per heavy atom. The van der Waals surface area contributed by atoms with Gasteiger partial charge in [-0.15, -0.1) is 0 Å².